The number of fused-ring (bicyclic) bond motifs is 3. The van der Waals surface area contributed by atoms with Crippen molar-refractivity contribution in [1.29, 1.82) is 0 Å². The number of benzene rings is 2. The molecule has 3 atom stereocenters. The van der Waals surface area contributed by atoms with Gasteiger partial charge in [-0.05, 0) is 35.1 Å². The van der Waals surface area contributed by atoms with E-state index in [0.717, 1.165) is 28.7 Å². The van der Waals surface area contributed by atoms with Crippen molar-refractivity contribution < 1.29 is 29.0 Å². The van der Waals surface area contributed by atoms with Gasteiger partial charge in [0.1, 0.15) is 6.61 Å². The van der Waals surface area contributed by atoms with E-state index in [1.807, 2.05) is 24.3 Å². The first-order valence-corrected chi connectivity index (χ1v) is 11.1. The highest BCUT2D eigenvalue weighted by Crippen LogP contribution is 2.44. The zero-order chi connectivity index (χ0) is 23.4. The zero-order valence-corrected chi connectivity index (χ0v) is 18.5. The van der Waals surface area contributed by atoms with Gasteiger partial charge in [-0.1, -0.05) is 55.0 Å². The number of rotatable bonds is 8. The molecule has 0 heterocycles. The molecule has 2 aromatic carbocycles. The molecule has 1 unspecified atom stereocenters. The fraction of sp³-hybridized carbons (Fsp3) is 0.400. The zero-order valence-electron chi connectivity index (χ0n) is 18.5. The summed E-state index contributed by atoms with van der Waals surface area (Å²) in [4.78, 5) is 36.2. The Labute approximate surface area is 192 Å². The maximum Gasteiger partial charge on any atom is 0.407 e. The molecule has 174 valence electrons. The number of carbonyl (C=O) groups is 3. The van der Waals surface area contributed by atoms with Crippen LogP contribution < -0.4 is 10.6 Å². The van der Waals surface area contributed by atoms with E-state index in [1.165, 1.54) is 7.11 Å². The third-order valence-electron chi connectivity index (χ3n) is 6.52. The van der Waals surface area contributed by atoms with Crippen molar-refractivity contribution in [3.8, 4) is 11.1 Å². The number of nitrogens with one attached hydrogen (secondary N) is 2. The Morgan fingerprint density at radius 1 is 1.03 bits per heavy atom. The van der Waals surface area contributed by atoms with Crippen LogP contribution in [0, 0.1) is 5.92 Å². The summed E-state index contributed by atoms with van der Waals surface area (Å²) >= 11 is 0. The van der Waals surface area contributed by atoms with Crippen molar-refractivity contribution in [2.24, 2.45) is 5.92 Å². The van der Waals surface area contributed by atoms with Crippen molar-refractivity contribution in [3.63, 3.8) is 0 Å². The lowest BCUT2D eigenvalue weighted by Gasteiger charge is -2.22. The molecule has 1 fully saturated rings. The van der Waals surface area contributed by atoms with Crippen LogP contribution in [0.4, 0.5) is 4.79 Å². The first-order chi connectivity index (χ1) is 16.0. The number of methoxy groups -OCH3 is 1. The van der Waals surface area contributed by atoms with Gasteiger partial charge in [0, 0.05) is 19.1 Å². The van der Waals surface area contributed by atoms with Crippen molar-refractivity contribution >= 4 is 18.0 Å². The number of aliphatic carboxylic acids is 1. The summed E-state index contributed by atoms with van der Waals surface area (Å²) in [5.74, 6) is -1.90. The Kier molecular flexibility index (Phi) is 6.93. The Balaban J connectivity index is 1.33. The summed E-state index contributed by atoms with van der Waals surface area (Å²) in [5, 5.41) is 14.5. The fourth-order valence-electron chi connectivity index (χ4n) is 4.83. The first-order valence-electron chi connectivity index (χ1n) is 11.1. The molecule has 1 saturated carbocycles. The first kappa shape index (κ1) is 22.8. The number of hydrogen-bond acceptors (Lipinski definition) is 5. The van der Waals surface area contributed by atoms with E-state index in [0.29, 0.717) is 12.8 Å². The second-order valence-electron chi connectivity index (χ2n) is 8.42. The Hall–Kier alpha value is -3.39. The molecule has 8 nitrogen and oxygen atoms in total. The van der Waals surface area contributed by atoms with E-state index >= 15 is 0 Å². The van der Waals surface area contributed by atoms with Crippen LogP contribution in [0.15, 0.2) is 48.5 Å². The molecule has 0 spiro atoms. The second kappa shape index (κ2) is 10.0. The minimum atomic E-state index is -1.14. The van der Waals surface area contributed by atoms with Gasteiger partial charge < -0.3 is 25.2 Å². The van der Waals surface area contributed by atoms with Crippen LogP contribution in [0.3, 0.4) is 0 Å². The average molecular weight is 453 g/mol. The van der Waals surface area contributed by atoms with Crippen LogP contribution in [0.25, 0.3) is 11.1 Å². The third-order valence-corrected chi connectivity index (χ3v) is 6.52. The molecule has 3 N–H and O–H groups in total. The van der Waals surface area contributed by atoms with Crippen molar-refractivity contribution in [3.05, 3.63) is 59.7 Å². The van der Waals surface area contributed by atoms with E-state index in [-0.39, 0.29) is 31.0 Å². The van der Waals surface area contributed by atoms with Crippen LogP contribution in [0.5, 0.6) is 0 Å². The number of ether oxygens (including phenoxy) is 2. The Morgan fingerprint density at radius 2 is 1.67 bits per heavy atom. The highest BCUT2D eigenvalue weighted by atomic mass is 16.5. The minimum absolute atomic E-state index is 0.0344. The summed E-state index contributed by atoms with van der Waals surface area (Å²) in [7, 11) is 1.28. The molecule has 2 aliphatic carbocycles. The topological polar surface area (TPSA) is 114 Å². The summed E-state index contributed by atoms with van der Waals surface area (Å²) in [5.41, 5.74) is 4.59. The maximum absolute atomic E-state index is 12.6. The highest BCUT2D eigenvalue weighted by Gasteiger charge is 2.35. The predicted octanol–water partition coefficient (Wildman–Crippen LogP) is 2.91. The lowest BCUT2D eigenvalue weighted by Crippen LogP contribution is -2.46. The van der Waals surface area contributed by atoms with Crippen molar-refractivity contribution in [1.82, 2.24) is 10.6 Å². The largest absolute Gasteiger partial charge is 0.479 e. The van der Waals surface area contributed by atoms with Gasteiger partial charge in [-0.3, -0.25) is 4.79 Å². The number of hydrogen-bond donors (Lipinski definition) is 3. The van der Waals surface area contributed by atoms with E-state index < -0.39 is 24.1 Å². The van der Waals surface area contributed by atoms with Crippen LogP contribution in [0.2, 0.25) is 0 Å². The molecular formula is C25H28N2O6. The van der Waals surface area contributed by atoms with E-state index in [4.69, 9.17) is 14.6 Å². The molecule has 0 aromatic heterocycles. The van der Waals surface area contributed by atoms with Crippen molar-refractivity contribution in [2.75, 3.05) is 20.3 Å². The van der Waals surface area contributed by atoms with Gasteiger partial charge in [0.15, 0.2) is 6.10 Å². The molecule has 2 aromatic rings. The quantitative estimate of drug-likeness (QED) is 0.568. The average Bonchev–Trinajstić information content (AvgIpc) is 3.40. The highest BCUT2D eigenvalue weighted by molar-refractivity contribution is 5.82. The molecule has 2 amide bonds. The SMILES string of the molecule is COC(CNC(=O)[C@@H]1CCC[C@@H]1NC(=O)OCC1c2ccccc2-c2ccccc21)C(=O)O. The standard InChI is InChI=1S/C25H28N2O6/c1-32-22(24(29)30)13-26-23(28)19-11-6-12-21(19)27-25(31)33-14-20-17-9-4-2-7-15(17)16-8-3-5-10-18(16)20/h2-5,7-10,19-22H,6,11-14H2,1H3,(H,26,28)(H,27,31)(H,29,30)/t19-,21+,22?/m1/s1. The van der Waals surface area contributed by atoms with E-state index in [9.17, 15) is 14.4 Å². The van der Waals surface area contributed by atoms with E-state index in [2.05, 4.69) is 34.9 Å². The summed E-state index contributed by atoms with van der Waals surface area (Å²) in [6.07, 6.45) is 0.407. The maximum atomic E-state index is 12.6. The summed E-state index contributed by atoms with van der Waals surface area (Å²) < 4.78 is 10.4. The van der Waals surface area contributed by atoms with Crippen LogP contribution in [0.1, 0.15) is 36.3 Å². The van der Waals surface area contributed by atoms with Crippen molar-refractivity contribution in [2.45, 2.75) is 37.3 Å². The number of carboxylic acid groups (broad SMARTS) is 1. The summed E-state index contributed by atoms with van der Waals surface area (Å²) in [6.45, 7) is 0.0798. The molecule has 0 radical (unpaired) electrons. The molecule has 4 rings (SSSR count). The van der Waals surface area contributed by atoms with Gasteiger partial charge in [0.2, 0.25) is 5.91 Å². The molecule has 8 heteroatoms. The van der Waals surface area contributed by atoms with Gasteiger partial charge >= 0.3 is 12.1 Å². The normalized spacial score (nSPS) is 19.9. The van der Waals surface area contributed by atoms with Gasteiger partial charge in [0.05, 0.1) is 12.5 Å². The minimum Gasteiger partial charge on any atom is -0.479 e. The lowest BCUT2D eigenvalue weighted by molar-refractivity contribution is -0.148. The predicted molar refractivity (Wildman–Crippen MR) is 121 cm³/mol. The number of alkyl carbamates (subject to hydrolysis) is 1. The molecule has 2 aliphatic rings. The molecule has 0 saturated heterocycles. The summed E-state index contributed by atoms with van der Waals surface area (Å²) in [6, 6.07) is 15.9. The van der Waals surface area contributed by atoms with Gasteiger partial charge in [-0.15, -0.1) is 0 Å². The molecule has 0 bridgehead atoms. The van der Waals surface area contributed by atoms with Crippen LogP contribution >= 0.6 is 0 Å². The van der Waals surface area contributed by atoms with Crippen LogP contribution in [-0.2, 0) is 19.1 Å². The van der Waals surface area contributed by atoms with Gasteiger partial charge in [-0.25, -0.2) is 9.59 Å². The van der Waals surface area contributed by atoms with Gasteiger partial charge in [-0.2, -0.15) is 0 Å². The van der Waals surface area contributed by atoms with Gasteiger partial charge in [0.25, 0.3) is 0 Å². The third kappa shape index (κ3) is 4.85. The number of carboxylic acids is 1. The monoisotopic (exact) mass is 452 g/mol. The Morgan fingerprint density at radius 3 is 2.27 bits per heavy atom. The second-order valence-corrected chi connectivity index (χ2v) is 8.42. The van der Waals surface area contributed by atoms with Crippen LogP contribution in [-0.4, -0.2) is 55.5 Å². The Bertz CT molecular complexity index is 994. The smallest absolute Gasteiger partial charge is 0.407 e. The molecule has 33 heavy (non-hydrogen) atoms. The molecular weight excluding hydrogens is 424 g/mol. The van der Waals surface area contributed by atoms with E-state index in [1.54, 1.807) is 0 Å². The fourth-order valence-corrected chi connectivity index (χ4v) is 4.83. The number of carbonyl (C=O) groups excluding carboxylic acids is 2. The number of amides is 2. The lowest BCUT2D eigenvalue weighted by atomic mass is 9.98. The molecule has 0 aliphatic heterocycles.